The summed E-state index contributed by atoms with van der Waals surface area (Å²) in [6, 6.07) is 10.3. The van der Waals surface area contributed by atoms with Gasteiger partial charge in [0, 0.05) is 5.56 Å². The fourth-order valence-corrected chi connectivity index (χ4v) is 2.75. The Morgan fingerprint density at radius 3 is 2.22 bits per heavy atom. The summed E-state index contributed by atoms with van der Waals surface area (Å²) in [7, 11) is 0. The van der Waals surface area contributed by atoms with Gasteiger partial charge in [-0.2, -0.15) is 18.3 Å². The van der Waals surface area contributed by atoms with E-state index in [0.29, 0.717) is 11.1 Å². The van der Waals surface area contributed by atoms with Crippen molar-refractivity contribution in [3.8, 4) is 16.9 Å². The molecule has 0 aliphatic carbocycles. The molecule has 0 amide bonds. The molecule has 1 unspecified atom stereocenters. The SMILES string of the molecule is Cc1ccc(-n2nc(C(F)(F)F)cc2-c2ccc(S(=O)O)cc2)cc1F.[NaH]. The summed E-state index contributed by atoms with van der Waals surface area (Å²) in [5.41, 5.74) is -0.219. The van der Waals surface area contributed by atoms with Gasteiger partial charge in [-0.15, -0.1) is 0 Å². The summed E-state index contributed by atoms with van der Waals surface area (Å²) in [5.74, 6) is -0.566. The minimum atomic E-state index is -4.67. The molecular formula is C17H13F4N2NaO2S. The zero-order valence-corrected chi connectivity index (χ0v) is 14.1. The molecule has 4 nitrogen and oxygen atoms in total. The molecule has 27 heavy (non-hydrogen) atoms. The number of benzene rings is 2. The topological polar surface area (TPSA) is 55.1 Å². The average molecular weight is 408 g/mol. The Kier molecular flexibility index (Phi) is 6.64. The van der Waals surface area contributed by atoms with Crippen LogP contribution in [0.5, 0.6) is 0 Å². The Morgan fingerprint density at radius 1 is 1.07 bits per heavy atom. The number of hydrogen-bond donors (Lipinski definition) is 1. The standard InChI is InChI=1S/C17H12F4N2O2S.Na.H/c1-10-2-5-12(8-14(10)18)23-15(9-16(22-23)17(19,20)21)11-3-6-13(7-4-11)26(24)25;;/h2-9H,1H3,(H,24,25);;. The number of aromatic nitrogens is 2. The van der Waals surface area contributed by atoms with Crippen molar-refractivity contribution in [2.24, 2.45) is 0 Å². The summed E-state index contributed by atoms with van der Waals surface area (Å²) in [6.45, 7) is 1.54. The first-order valence-corrected chi connectivity index (χ1v) is 8.42. The van der Waals surface area contributed by atoms with Crippen LogP contribution in [0.3, 0.4) is 0 Å². The van der Waals surface area contributed by atoms with Gasteiger partial charge in [0.2, 0.25) is 0 Å². The van der Waals surface area contributed by atoms with E-state index in [0.717, 1.165) is 16.8 Å². The van der Waals surface area contributed by atoms with Gasteiger partial charge in [0.05, 0.1) is 16.3 Å². The van der Waals surface area contributed by atoms with E-state index in [4.69, 9.17) is 4.55 Å². The van der Waals surface area contributed by atoms with Crippen LogP contribution in [0.2, 0.25) is 0 Å². The minimum absolute atomic E-state index is 0. The molecule has 0 radical (unpaired) electrons. The number of halogens is 4. The zero-order valence-electron chi connectivity index (χ0n) is 13.3. The molecule has 0 bridgehead atoms. The van der Waals surface area contributed by atoms with Gasteiger partial charge < -0.3 is 4.55 Å². The van der Waals surface area contributed by atoms with Crippen LogP contribution in [0.25, 0.3) is 16.9 Å². The maximum atomic E-state index is 13.9. The van der Waals surface area contributed by atoms with E-state index in [1.807, 2.05) is 0 Å². The molecule has 0 fully saturated rings. The molecule has 1 heterocycles. The normalized spacial score (nSPS) is 12.5. The summed E-state index contributed by atoms with van der Waals surface area (Å²) in [6.07, 6.45) is -4.67. The van der Waals surface area contributed by atoms with Crippen molar-refractivity contribution in [2.45, 2.75) is 18.0 Å². The van der Waals surface area contributed by atoms with Crippen LogP contribution < -0.4 is 0 Å². The number of aryl methyl sites for hydroxylation is 1. The van der Waals surface area contributed by atoms with Gasteiger partial charge in [0.25, 0.3) is 0 Å². The van der Waals surface area contributed by atoms with Crippen molar-refractivity contribution in [1.82, 2.24) is 9.78 Å². The Balaban J connectivity index is 0.00000261. The van der Waals surface area contributed by atoms with Crippen LogP contribution in [0.4, 0.5) is 17.6 Å². The van der Waals surface area contributed by atoms with Crippen molar-refractivity contribution in [3.63, 3.8) is 0 Å². The van der Waals surface area contributed by atoms with E-state index >= 15 is 0 Å². The number of hydrogen-bond acceptors (Lipinski definition) is 2. The Hall–Kier alpha value is -1.52. The van der Waals surface area contributed by atoms with Gasteiger partial charge in [0.15, 0.2) is 16.8 Å². The second kappa shape index (κ2) is 8.24. The average Bonchev–Trinajstić information content (AvgIpc) is 3.03. The second-order valence-corrected chi connectivity index (χ2v) is 6.50. The molecule has 0 aliphatic heterocycles. The van der Waals surface area contributed by atoms with Gasteiger partial charge in [-0.1, -0.05) is 18.2 Å². The molecule has 3 aromatic rings. The van der Waals surface area contributed by atoms with Gasteiger partial charge in [-0.05, 0) is 42.8 Å². The summed E-state index contributed by atoms with van der Waals surface area (Å²) >= 11 is -2.20. The van der Waals surface area contributed by atoms with Crippen molar-refractivity contribution in [3.05, 3.63) is 65.6 Å². The van der Waals surface area contributed by atoms with E-state index in [2.05, 4.69) is 5.10 Å². The van der Waals surface area contributed by atoms with Gasteiger partial charge in [0.1, 0.15) is 5.82 Å². The number of nitrogens with zero attached hydrogens (tertiary/aromatic N) is 2. The predicted octanol–water partition coefficient (Wildman–Crippen LogP) is 3.94. The van der Waals surface area contributed by atoms with Crippen LogP contribution >= 0.6 is 0 Å². The van der Waals surface area contributed by atoms with E-state index in [1.165, 1.54) is 43.3 Å². The first kappa shape index (κ1) is 21.8. The molecule has 0 aliphatic rings. The van der Waals surface area contributed by atoms with Gasteiger partial charge >= 0.3 is 35.7 Å². The van der Waals surface area contributed by atoms with Crippen molar-refractivity contribution in [1.29, 1.82) is 0 Å². The first-order chi connectivity index (χ1) is 12.2. The van der Waals surface area contributed by atoms with E-state index in [-0.39, 0.29) is 45.8 Å². The molecule has 0 saturated heterocycles. The van der Waals surface area contributed by atoms with Gasteiger partial charge in [-0.25, -0.2) is 13.3 Å². The zero-order chi connectivity index (χ0) is 19.1. The van der Waals surface area contributed by atoms with Crippen LogP contribution in [-0.2, 0) is 17.3 Å². The first-order valence-electron chi connectivity index (χ1n) is 7.32. The second-order valence-electron chi connectivity index (χ2n) is 5.53. The summed E-state index contributed by atoms with van der Waals surface area (Å²) < 4.78 is 74.3. The summed E-state index contributed by atoms with van der Waals surface area (Å²) in [4.78, 5) is 0.109. The predicted molar refractivity (Wildman–Crippen MR) is 94.9 cm³/mol. The van der Waals surface area contributed by atoms with Crippen LogP contribution in [0.15, 0.2) is 53.4 Å². The third-order valence-corrected chi connectivity index (χ3v) is 4.43. The van der Waals surface area contributed by atoms with E-state index in [1.54, 1.807) is 0 Å². The maximum absolute atomic E-state index is 13.9. The van der Waals surface area contributed by atoms with Crippen molar-refractivity contribution in [2.75, 3.05) is 0 Å². The summed E-state index contributed by atoms with van der Waals surface area (Å²) in [5, 5.41) is 3.57. The molecule has 3 rings (SSSR count). The van der Waals surface area contributed by atoms with E-state index < -0.39 is 28.8 Å². The van der Waals surface area contributed by atoms with Gasteiger partial charge in [-0.3, -0.25) is 0 Å². The van der Waals surface area contributed by atoms with Crippen LogP contribution in [0, 0.1) is 12.7 Å². The molecule has 138 valence electrons. The third-order valence-electron chi connectivity index (χ3n) is 3.75. The molecule has 1 atom stereocenters. The molecule has 1 aromatic heterocycles. The Labute approximate surface area is 176 Å². The third kappa shape index (κ3) is 4.67. The van der Waals surface area contributed by atoms with Crippen molar-refractivity contribution >= 4 is 40.6 Å². The monoisotopic (exact) mass is 408 g/mol. The molecule has 2 aromatic carbocycles. The molecule has 0 spiro atoms. The quantitative estimate of drug-likeness (QED) is 0.406. The van der Waals surface area contributed by atoms with Crippen molar-refractivity contribution < 1.29 is 26.3 Å². The van der Waals surface area contributed by atoms with Crippen LogP contribution in [-0.4, -0.2) is 48.1 Å². The number of alkyl halides is 3. The molecular weight excluding hydrogens is 395 g/mol. The molecule has 1 N–H and O–H groups in total. The molecule has 10 heteroatoms. The molecule has 0 saturated carbocycles. The fourth-order valence-electron chi connectivity index (χ4n) is 2.38. The number of rotatable bonds is 3. The Morgan fingerprint density at radius 2 is 1.70 bits per heavy atom. The van der Waals surface area contributed by atoms with E-state index in [9.17, 15) is 21.8 Å². The Bertz CT molecular complexity index is 988. The fraction of sp³-hybridized carbons (Fsp3) is 0.118. The van der Waals surface area contributed by atoms with Crippen LogP contribution in [0.1, 0.15) is 11.3 Å².